The molecule has 1 aliphatic carbocycles. The van der Waals surface area contributed by atoms with Crippen LogP contribution in [-0.4, -0.2) is 24.4 Å². The number of hydrogen-bond donors (Lipinski definition) is 1. The average Bonchev–Trinajstić information content (AvgIpc) is 2.83. The van der Waals surface area contributed by atoms with E-state index in [0.29, 0.717) is 12.0 Å². The molecular weight excluding hydrogens is 204 g/mol. The van der Waals surface area contributed by atoms with Gasteiger partial charge in [0, 0.05) is 31.7 Å². The lowest BCUT2D eigenvalue weighted by molar-refractivity contribution is 0.110. The largest absolute Gasteiger partial charge is 0.377 e. The van der Waals surface area contributed by atoms with Crippen LogP contribution in [-0.2, 0) is 11.3 Å². The van der Waals surface area contributed by atoms with E-state index in [-0.39, 0.29) is 0 Å². The van der Waals surface area contributed by atoms with Gasteiger partial charge in [0.15, 0.2) is 0 Å². The van der Waals surface area contributed by atoms with Crippen LogP contribution in [0.5, 0.6) is 0 Å². The first kappa shape index (κ1) is 10.3. The molecule has 1 atom stereocenters. The van der Waals surface area contributed by atoms with Gasteiger partial charge in [0.05, 0.1) is 11.8 Å². The van der Waals surface area contributed by atoms with E-state index in [1.807, 2.05) is 0 Å². The van der Waals surface area contributed by atoms with Crippen molar-refractivity contribution in [2.75, 3.05) is 13.2 Å². The van der Waals surface area contributed by atoms with Gasteiger partial charge in [0.25, 0.3) is 0 Å². The molecule has 1 aromatic heterocycles. The molecule has 1 aromatic rings. The molecule has 1 aliphatic heterocycles. The minimum absolute atomic E-state index is 0.398. The number of hydrogen-bond acceptors (Lipinski definition) is 4. The zero-order valence-electron chi connectivity index (χ0n) is 9.45. The van der Waals surface area contributed by atoms with E-state index in [0.717, 1.165) is 31.2 Å². The molecule has 0 aromatic carbocycles. The van der Waals surface area contributed by atoms with Crippen molar-refractivity contribution in [3.8, 4) is 0 Å². The second-order valence-electron chi connectivity index (χ2n) is 4.76. The molecule has 88 valence electrons. The van der Waals surface area contributed by atoms with Crippen LogP contribution >= 0.6 is 0 Å². The number of nitrogens with zero attached hydrogens (tertiary/aromatic N) is 1. The van der Waals surface area contributed by atoms with E-state index in [9.17, 15) is 0 Å². The zero-order chi connectivity index (χ0) is 10.8. The van der Waals surface area contributed by atoms with Gasteiger partial charge in [0.2, 0.25) is 0 Å². The van der Waals surface area contributed by atoms with Crippen LogP contribution in [0, 0.1) is 0 Å². The van der Waals surface area contributed by atoms with Gasteiger partial charge in [-0.25, -0.2) is 0 Å². The van der Waals surface area contributed by atoms with Crippen molar-refractivity contribution in [2.24, 2.45) is 0 Å². The fourth-order valence-electron chi connectivity index (χ4n) is 2.14. The molecule has 4 nitrogen and oxygen atoms in total. The molecule has 3 rings (SSSR count). The fraction of sp³-hybridized carbons (Fsp3) is 0.750. The molecule has 1 N–H and O–H groups in total. The summed E-state index contributed by atoms with van der Waals surface area (Å²) in [7, 11) is 0. The number of nitrogens with one attached hydrogen (secondary N) is 1. The van der Waals surface area contributed by atoms with Gasteiger partial charge >= 0.3 is 0 Å². The third kappa shape index (κ3) is 2.44. The van der Waals surface area contributed by atoms with Gasteiger partial charge in [0.1, 0.15) is 5.76 Å². The monoisotopic (exact) mass is 222 g/mol. The predicted molar refractivity (Wildman–Crippen MR) is 59.2 cm³/mol. The Morgan fingerprint density at radius 1 is 1.38 bits per heavy atom. The van der Waals surface area contributed by atoms with E-state index in [2.05, 4.69) is 16.5 Å². The van der Waals surface area contributed by atoms with E-state index < -0.39 is 0 Å². The van der Waals surface area contributed by atoms with Crippen LogP contribution in [0.15, 0.2) is 10.6 Å². The molecule has 4 heteroatoms. The Bertz CT molecular complexity index is 341. The summed E-state index contributed by atoms with van der Waals surface area (Å²) in [5.74, 6) is 1.72. The van der Waals surface area contributed by atoms with Crippen LogP contribution in [0.1, 0.15) is 43.1 Å². The summed E-state index contributed by atoms with van der Waals surface area (Å²) in [6.45, 7) is 2.63. The average molecular weight is 222 g/mol. The third-order valence-electron chi connectivity index (χ3n) is 3.26. The van der Waals surface area contributed by atoms with E-state index in [1.54, 1.807) is 0 Å². The molecule has 2 fully saturated rings. The third-order valence-corrected chi connectivity index (χ3v) is 3.26. The molecule has 1 saturated heterocycles. The highest BCUT2D eigenvalue weighted by molar-refractivity contribution is 5.14. The zero-order valence-corrected chi connectivity index (χ0v) is 9.45. The summed E-state index contributed by atoms with van der Waals surface area (Å²) < 4.78 is 10.8. The van der Waals surface area contributed by atoms with E-state index in [4.69, 9.17) is 9.26 Å². The Morgan fingerprint density at radius 3 is 3.06 bits per heavy atom. The highest BCUT2D eigenvalue weighted by Crippen LogP contribution is 2.40. The van der Waals surface area contributed by atoms with E-state index >= 15 is 0 Å². The van der Waals surface area contributed by atoms with Crippen molar-refractivity contribution in [3.63, 3.8) is 0 Å². The number of aromatic nitrogens is 1. The maximum absolute atomic E-state index is 5.54. The Hall–Kier alpha value is -0.870. The second-order valence-corrected chi connectivity index (χ2v) is 4.76. The maximum Gasteiger partial charge on any atom is 0.140 e. The van der Waals surface area contributed by atoms with Crippen LogP contribution in [0.3, 0.4) is 0 Å². The minimum Gasteiger partial charge on any atom is -0.377 e. The quantitative estimate of drug-likeness (QED) is 0.825. The molecule has 0 amide bonds. The molecule has 1 saturated carbocycles. The normalized spacial score (nSPS) is 25.1. The smallest absolute Gasteiger partial charge is 0.140 e. The van der Waals surface area contributed by atoms with Crippen LogP contribution in [0.25, 0.3) is 0 Å². The Morgan fingerprint density at radius 2 is 2.31 bits per heavy atom. The molecule has 0 radical (unpaired) electrons. The molecule has 2 heterocycles. The lowest BCUT2D eigenvalue weighted by atomic mass is 10.2. The predicted octanol–water partition coefficient (Wildman–Crippen LogP) is 1.82. The first-order valence-electron chi connectivity index (χ1n) is 6.19. The van der Waals surface area contributed by atoms with Gasteiger partial charge in [-0.2, -0.15) is 0 Å². The first-order chi connectivity index (χ1) is 7.92. The Kier molecular flexibility index (Phi) is 2.93. The maximum atomic E-state index is 5.54. The van der Waals surface area contributed by atoms with Crippen molar-refractivity contribution in [3.05, 3.63) is 17.5 Å². The highest BCUT2D eigenvalue weighted by Gasteiger charge is 2.27. The molecule has 2 aliphatic rings. The molecule has 16 heavy (non-hydrogen) atoms. The summed E-state index contributed by atoms with van der Waals surface area (Å²) in [5.41, 5.74) is 1.01. The molecule has 0 spiro atoms. The topological polar surface area (TPSA) is 47.3 Å². The first-order valence-corrected chi connectivity index (χ1v) is 6.19. The van der Waals surface area contributed by atoms with E-state index in [1.165, 1.54) is 25.7 Å². The van der Waals surface area contributed by atoms with Gasteiger partial charge in [-0.05, 0) is 25.7 Å². The van der Waals surface area contributed by atoms with Crippen molar-refractivity contribution in [1.29, 1.82) is 0 Å². The number of ether oxygens (including phenoxy) is 1. The highest BCUT2D eigenvalue weighted by atomic mass is 16.5. The van der Waals surface area contributed by atoms with Gasteiger partial charge < -0.3 is 14.6 Å². The SMILES string of the molecule is c1c(CNCC2CCCO2)noc1C1CC1. The van der Waals surface area contributed by atoms with Gasteiger partial charge in [-0.3, -0.25) is 0 Å². The van der Waals surface area contributed by atoms with Crippen molar-refractivity contribution >= 4 is 0 Å². The molecule has 0 bridgehead atoms. The Balaban J connectivity index is 1.42. The van der Waals surface area contributed by atoms with Gasteiger partial charge in [-0.15, -0.1) is 0 Å². The molecule has 1 unspecified atom stereocenters. The van der Waals surface area contributed by atoms with Crippen molar-refractivity contribution in [1.82, 2.24) is 10.5 Å². The lowest BCUT2D eigenvalue weighted by Gasteiger charge is -2.08. The van der Waals surface area contributed by atoms with Crippen molar-refractivity contribution < 1.29 is 9.26 Å². The van der Waals surface area contributed by atoms with Crippen LogP contribution in [0.2, 0.25) is 0 Å². The van der Waals surface area contributed by atoms with Crippen LogP contribution < -0.4 is 5.32 Å². The number of rotatable bonds is 5. The lowest BCUT2D eigenvalue weighted by Crippen LogP contribution is -2.25. The van der Waals surface area contributed by atoms with Crippen molar-refractivity contribution in [2.45, 2.75) is 44.2 Å². The summed E-state index contributed by atoms with van der Waals surface area (Å²) in [6, 6.07) is 2.08. The summed E-state index contributed by atoms with van der Waals surface area (Å²) in [5, 5.41) is 7.43. The summed E-state index contributed by atoms with van der Waals surface area (Å²) in [4.78, 5) is 0. The standard InChI is InChI=1S/C12H18N2O2/c1-2-11(15-5-1)8-13-7-10-6-12(16-14-10)9-3-4-9/h6,9,11,13H,1-5,7-8H2. The Labute approximate surface area is 95.3 Å². The summed E-state index contributed by atoms with van der Waals surface area (Å²) >= 11 is 0. The molecular formula is C12H18N2O2. The minimum atomic E-state index is 0.398. The van der Waals surface area contributed by atoms with Gasteiger partial charge in [-0.1, -0.05) is 5.16 Å². The van der Waals surface area contributed by atoms with Crippen LogP contribution in [0.4, 0.5) is 0 Å². The second kappa shape index (κ2) is 4.55. The fourth-order valence-corrected chi connectivity index (χ4v) is 2.14. The summed E-state index contributed by atoms with van der Waals surface area (Å²) in [6.07, 6.45) is 5.30.